The molecule has 15 aromatic heterocycles. The Morgan fingerprint density at radius 1 is 0.282 bits per heavy atom. The maximum absolute atomic E-state index is 13.4. The number of fused-ring (bicyclic) bond motifs is 5. The lowest BCUT2D eigenvalue weighted by Gasteiger charge is -2.12. The summed E-state index contributed by atoms with van der Waals surface area (Å²) >= 11 is 49.8. The van der Waals surface area contributed by atoms with Gasteiger partial charge in [0.15, 0.2) is 28.9 Å². The zero-order valence-electron chi connectivity index (χ0n) is 75.9. The average Bonchev–Trinajstić information content (AvgIpc) is 0.776. The first-order valence-electron chi connectivity index (χ1n) is 43.7. The first kappa shape index (κ1) is 105. The normalized spacial score (nSPS) is 11.2. The van der Waals surface area contributed by atoms with Gasteiger partial charge >= 0.3 is 0 Å². The number of rotatable bonds is 20. The van der Waals surface area contributed by atoms with Crippen molar-refractivity contribution in [1.29, 1.82) is 5.26 Å². The predicted octanol–water partition coefficient (Wildman–Crippen LogP) is 25.8. The molecular formula is C111H62Br2Cl7F3N16O10. The summed E-state index contributed by atoms with van der Waals surface area (Å²) in [6.45, 7) is 0. The number of nitrogens with zero attached hydrogens (tertiary/aromatic N) is 11. The molecular weight excluding hydrogens is 2180 g/mol. The number of aromatic nitrogens is 15. The summed E-state index contributed by atoms with van der Waals surface area (Å²) in [7, 11) is 0. The minimum Gasteiger partial charge on any atom is -0.321 e. The van der Waals surface area contributed by atoms with Gasteiger partial charge in [-0.2, -0.15) is 5.26 Å². The summed E-state index contributed by atoms with van der Waals surface area (Å²) in [5.41, 5.74) is 6.91. The van der Waals surface area contributed by atoms with Gasteiger partial charge in [0.1, 0.15) is 23.5 Å². The number of pyridine rings is 15. The van der Waals surface area contributed by atoms with Gasteiger partial charge in [-0.1, -0.05) is 93.3 Å². The van der Waals surface area contributed by atoms with Crippen LogP contribution in [0.15, 0.2) is 351 Å². The topological polar surface area (TPSA) is 402 Å². The van der Waals surface area contributed by atoms with Crippen LogP contribution in [0.25, 0.3) is 141 Å². The number of halogens is 12. The molecule has 730 valence electrons. The van der Waals surface area contributed by atoms with Crippen molar-refractivity contribution in [3.63, 3.8) is 0 Å². The smallest absolute Gasteiger partial charge is 0.260 e. The van der Waals surface area contributed by atoms with E-state index in [-0.39, 0.29) is 33.4 Å². The number of allylic oxidation sites excluding steroid dienone is 5. The molecule has 0 aliphatic rings. The Bertz CT molecular complexity index is 8920. The third kappa shape index (κ3) is 25.7. The van der Waals surface area contributed by atoms with Crippen molar-refractivity contribution >= 4 is 227 Å². The fourth-order valence-electron chi connectivity index (χ4n) is 15.6. The fraction of sp³-hybridized carbons (Fsp3) is 0. The van der Waals surface area contributed by atoms with Crippen LogP contribution >= 0.6 is 113 Å². The molecule has 0 radical (unpaired) electrons. The molecule has 0 aliphatic heterocycles. The molecule has 26 nitrogen and oxygen atoms in total. The number of aromatic amines is 5. The Kier molecular flexibility index (Phi) is 33.7. The summed E-state index contributed by atoms with van der Waals surface area (Å²) in [5.74, 6) is -4.23. The number of carbonyl (C=O) groups excluding carboxylic acids is 5. The Morgan fingerprint density at radius 3 is 0.792 bits per heavy atom. The second kappa shape index (κ2) is 47.9. The van der Waals surface area contributed by atoms with E-state index >= 15 is 0 Å². The van der Waals surface area contributed by atoms with Crippen molar-refractivity contribution in [2.24, 2.45) is 0 Å². The lowest BCUT2D eigenvalue weighted by atomic mass is 9.94. The van der Waals surface area contributed by atoms with Crippen molar-refractivity contribution in [3.8, 4) is 61.7 Å². The number of benzene rings is 5. The van der Waals surface area contributed by atoms with E-state index in [2.05, 4.69) is 107 Å². The van der Waals surface area contributed by atoms with E-state index in [9.17, 15) is 66.4 Å². The quantitative estimate of drug-likeness (QED) is 0.0349. The van der Waals surface area contributed by atoms with E-state index in [1.54, 1.807) is 201 Å². The third-order valence-electron chi connectivity index (χ3n) is 21.9. The van der Waals surface area contributed by atoms with Gasteiger partial charge < -0.3 is 24.9 Å². The SMILES string of the molecule is N#Cc1cncc(-c2c(C(=O)/C=C/c3cncc(F)c3)c(=O)[nH]c3ccc(Cl)cc23)c1.O=C(/C=C/c1ccccn1)c1c(-c2cncc(Br)c2)c2cc(Cl)ccc2[nH]c1=O.O=C(/C=C/c1ccccn1)c1c(-c2cncc(Cl)c2)c2cc(Cl)ccc2[nH]c1=O.O=C(/C=C/c1cncc(F)c1)c1c(-c2cncc(Br)c2)c2cc(Cl)ccc2[nH]c1=O.O=C(/C=C/c1cncc(F)c1)c1c(-c2cncc(Cl)c2)c2cc(Cl)ccc2[nH]c1=O. The molecule has 0 aliphatic carbocycles. The molecule has 0 unspecified atom stereocenters. The number of hydrogen-bond donors (Lipinski definition) is 5. The van der Waals surface area contributed by atoms with E-state index in [4.69, 9.17) is 81.2 Å². The molecule has 0 spiro atoms. The minimum atomic E-state index is -0.612. The summed E-state index contributed by atoms with van der Waals surface area (Å²) in [6, 6.07) is 49.8. The summed E-state index contributed by atoms with van der Waals surface area (Å²) in [4.78, 5) is 183. The zero-order valence-corrected chi connectivity index (χ0v) is 84.4. The molecule has 15 heterocycles. The number of hydrogen-bond acceptors (Lipinski definition) is 21. The van der Waals surface area contributed by atoms with Gasteiger partial charge in [0.25, 0.3) is 27.8 Å². The molecule has 5 aromatic carbocycles. The van der Waals surface area contributed by atoms with Crippen LogP contribution in [0.5, 0.6) is 0 Å². The van der Waals surface area contributed by atoms with Crippen LogP contribution in [0.1, 0.15) is 85.4 Å². The molecule has 0 atom stereocenters. The summed E-state index contributed by atoms with van der Waals surface area (Å²) < 4.78 is 41.5. The number of H-pyrrole nitrogens is 5. The minimum absolute atomic E-state index is 0.0176. The maximum atomic E-state index is 13.4. The highest BCUT2D eigenvalue weighted by atomic mass is 79.9. The van der Waals surface area contributed by atoms with Crippen molar-refractivity contribution in [2.45, 2.75) is 0 Å². The third-order valence-corrected chi connectivity index (χ3v) is 24.3. The molecule has 0 fully saturated rings. The monoisotopic (exact) mass is 2240 g/mol. The van der Waals surface area contributed by atoms with E-state index in [0.717, 1.165) is 23.1 Å². The van der Waals surface area contributed by atoms with Gasteiger partial charge in [0, 0.05) is 237 Å². The lowest BCUT2D eigenvalue weighted by Crippen LogP contribution is -2.18. The summed E-state index contributed by atoms with van der Waals surface area (Å²) in [5, 5.41) is 15.2. The second-order valence-corrected chi connectivity index (χ2v) is 36.8. The average molecular weight is 2240 g/mol. The van der Waals surface area contributed by atoms with Gasteiger partial charge in [0.05, 0.1) is 73.4 Å². The first-order chi connectivity index (χ1) is 71.8. The van der Waals surface area contributed by atoms with Crippen LogP contribution in [0.4, 0.5) is 13.2 Å². The van der Waals surface area contributed by atoms with E-state index < -0.39 is 74.2 Å². The van der Waals surface area contributed by atoms with Gasteiger partial charge in [-0.3, -0.25) is 97.8 Å². The highest BCUT2D eigenvalue weighted by Gasteiger charge is 2.28. The van der Waals surface area contributed by atoms with Crippen molar-refractivity contribution in [3.05, 3.63) is 493 Å². The Labute approximate surface area is 891 Å². The molecule has 20 rings (SSSR count). The molecule has 38 heteroatoms. The number of nitrogens with one attached hydrogen (secondary N) is 5. The lowest BCUT2D eigenvalue weighted by molar-refractivity contribution is 0.103. The van der Waals surface area contributed by atoms with Gasteiger partial charge in [-0.05, 0) is 273 Å². The first-order valence-corrected chi connectivity index (χ1v) is 47.9. The van der Waals surface area contributed by atoms with Crippen LogP contribution in [-0.2, 0) is 0 Å². The fourth-order valence-corrected chi connectivity index (χ4v) is 17.5. The van der Waals surface area contributed by atoms with Gasteiger partial charge in [-0.15, -0.1) is 0 Å². The summed E-state index contributed by atoms with van der Waals surface area (Å²) in [6.07, 6.45) is 39.4. The van der Waals surface area contributed by atoms with Crippen LogP contribution < -0.4 is 27.8 Å². The number of ketones is 5. The largest absolute Gasteiger partial charge is 0.321 e. The highest BCUT2D eigenvalue weighted by Crippen LogP contribution is 2.40. The molecule has 0 amide bonds. The molecule has 20 aromatic rings. The van der Waals surface area contributed by atoms with E-state index in [1.165, 1.54) is 116 Å². The van der Waals surface area contributed by atoms with Gasteiger partial charge in [-0.25, -0.2) is 13.2 Å². The molecule has 5 N–H and O–H groups in total. The number of nitriles is 1. The molecule has 0 saturated heterocycles. The number of carbonyl (C=O) groups is 5. The standard InChI is InChI=1S/C23H12ClFN4O2.C22H12BrClFN3O2.C22H13BrClN3O2.C22H12Cl2FN3O2.C22H13Cl2N3O2/c24-16-2-3-19-18(7-16)21(15-5-14(8-26)10-27-11-15)22(23(31)29-19)20(30)4-1-13-6-17(25)12-28-9-13;23-14-6-13(9-27-10-14)20-17-7-15(24)2-3-18(17)28-22(30)21(20)19(29)4-1-12-5-16(25)11-26-8-12;23-14-9-13(11-25-12-14)20-17-10-15(24)4-6-18(17)27-22(29)21(20)19(28)7-5-16-3-1-2-8-26-16;23-14-2-3-18-17(7-14)20(13-6-15(24)10-27-9-13)21(22(30)28-18)19(29)4-1-12-5-16(25)11-26-8-12;23-14-4-6-18-17(10-14)20(13-9-15(24)12-25-11-13)21(22(29)27-18)19(28)7-5-16-3-1-2-8-26-16/h1-7,9-12H,(H,29,31);1-11H,(H,28,30);1-12H,(H,27,29);1-11H,(H,28,30);1-12H,(H,27,29)/b2*4-1+;7-5+;4-1+;7-5+. The van der Waals surface area contributed by atoms with Crippen molar-refractivity contribution in [2.75, 3.05) is 0 Å². The highest BCUT2D eigenvalue weighted by molar-refractivity contribution is 9.10. The maximum Gasteiger partial charge on any atom is 0.260 e. The van der Waals surface area contributed by atoms with Crippen molar-refractivity contribution < 1.29 is 37.1 Å². The van der Waals surface area contributed by atoms with Crippen LogP contribution in [0.3, 0.4) is 0 Å². The van der Waals surface area contributed by atoms with Crippen molar-refractivity contribution in [1.82, 2.24) is 74.8 Å². The molecule has 0 saturated carbocycles. The van der Waals surface area contributed by atoms with E-state index in [1.807, 2.05) is 18.2 Å². The molecule has 149 heavy (non-hydrogen) atoms. The zero-order chi connectivity index (χ0) is 105. The molecule has 0 bridgehead atoms. The van der Waals surface area contributed by atoms with Crippen LogP contribution in [0.2, 0.25) is 35.2 Å². The van der Waals surface area contributed by atoms with Crippen LogP contribution in [0, 0.1) is 28.8 Å². The van der Waals surface area contributed by atoms with Gasteiger partial charge in [0.2, 0.25) is 0 Å². The Morgan fingerprint density at radius 2 is 0.537 bits per heavy atom. The Balaban J connectivity index is 0.000000133. The second-order valence-electron chi connectivity index (χ2n) is 31.9. The van der Waals surface area contributed by atoms with E-state index in [0.29, 0.717) is 178 Å². The predicted molar refractivity (Wildman–Crippen MR) is 582 cm³/mol. The Hall–Kier alpha value is -17.0. The van der Waals surface area contributed by atoms with Crippen LogP contribution in [-0.4, -0.2) is 104 Å².